The van der Waals surface area contributed by atoms with Crippen LogP contribution in [0.1, 0.15) is 38.5 Å². The van der Waals surface area contributed by atoms with E-state index in [1.165, 1.54) is 0 Å². The topological polar surface area (TPSA) is 95.5 Å². The van der Waals surface area contributed by atoms with Crippen molar-refractivity contribution in [1.29, 1.82) is 0 Å². The Morgan fingerprint density at radius 3 is 2.37 bits per heavy atom. The van der Waals surface area contributed by atoms with Crippen molar-refractivity contribution in [3.05, 3.63) is 0 Å². The minimum atomic E-state index is -1.16. The number of thioether (sulfide) groups is 1. The second-order valence-electron chi connectivity index (χ2n) is 5.09. The van der Waals surface area contributed by atoms with Gasteiger partial charge in [-0.2, -0.15) is 0 Å². The van der Waals surface area contributed by atoms with E-state index >= 15 is 0 Å². The summed E-state index contributed by atoms with van der Waals surface area (Å²) in [4.78, 5) is 34.7. The Morgan fingerprint density at radius 2 is 1.89 bits per heavy atom. The van der Waals surface area contributed by atoms with Gasteiger partial charge in [-0.05, 0) is 12.8 Å². The van der Waals surface area contributed by atoms with E-state index in [2.05, 4.69) is 10.6 Å². The molecule has 19 heavy (non-hydrogen) atoms. The molecule has 0 spiro atoms. The molecule has 1 heterocycles. The van der Waals surface area contributed by atoms with Crippen LogP contribution in [0.25, 0.3) is 0 Å². The third kappa shape index (κ3) is 3.20. The molecule has 0 aromatic rings. The van der Waals surface area contributed by atoms with Gasteiger partial charge in [0.25, 0.3) is 5.24 Å². The summed E-state index contributed by atoms with van der Waals surface area (Å²) in [7, 11) is 0. The van der Waals surface area contributed by atoms with E-state index in [9.17, 15) is 19.5 Å². The summed E-state index contributed by atoms with van der Waals surface area (Å²) in [5.41, 5.74) is -1.16. The van der Waals surface area contributed by atoms with Gasteiger partial charge in [0.15, 0.2) is 0 Å². The zero-order valence-corrected chi connectivity index (χ0v) is 11.4. The van der Waals surface area contributed by atoms with Crippen molar-refractivity contribution in [2.75, 3.05) is 5.75 Å². The Hall–Kier alpha value is -1.24. The average Bonchev–Trinajstić information content (AvgIpc) is 2.65. The summed E-state index contributed by atoms with van der Waals surface area (Å²) in [5, 5.41) is 14.4. The molecule has 1 unspecified atom stereocenters. The summed E-state index contributed by atoms with van der Waals surface area (Å²) in [6.45, 7) is 0. The molecule has 0 aromatic carbocycles. The van der Waals surface area contributed by atoms with Crippen LogP contribution in [-0.4, -0.2) is 39.6 Å². The summed E-state index contributed by atoms with van der Waals surface area (Å²) in [5.74, 6) is -0.997. The molecule has 0 aromatic heterocycles. The molecular formula is C12H18N2O4S. The van der Waals surface area contributed by atoms with Gasteiger partial charge in [0.05, 0.1) is 0 Å². The molecule has 6 nitrogen and oxygen atoms in total. The van der Waals surface area contributed by atoms with E-state index in [1.54, 1.807) is 0 Å². The fourth-order valence-corrected chi connectivity index (χ4v) is 3.35. The fourth-order valence-electron chi connectivity index (χ4n) is 2.57. The zero-order chi connectivity index (χ0) is 13.9. The van der Waals surface area contributed by atoms with Crippen molar-refractivity contribution in [3.63, 3.8) is 0 Å². The van der Waals surface area contributed by atoms with Crippen LogP contribution >= 0.6 is 11.8 Å². The monoisotopic (exact) mass is 286 g/mol. The lowest BCUT2D eigenvalue weighted by Gasteiger charge is -2.30. The van der Waals surface area contributed by atoms with Gasteiger partial charge in [-0.1, -0.05) is 37.4 Å². The number of hydrogen-bond acceptors (Lipinski definition) is 4. The Balaban J connectivity index is 2.05. The maximum Gasteiger partial charge on any atom is 0.329 e. The molecule has 2 fully saturated rings. The largest absolute Gasteiger partial charge is 0.480 e. The molecule has 1 aliphatic heterocycles. The van der Waals surface area contributed by atoms with E-state index in [4.69, 9.17) is 0 Å². The minimum absolute atomic E-state index is 0.231. The van der Waals surface area contributed by atoms with Gasteiger partial charge >= 0.3 is 5.97 Å². The number of rotatable bonds is 3. The molecule has 7 heteroatoms. The number of hydrogen-bond donors (Lipinski definition) is 3. The highest BCUT2D eigenvalue weighted by Crippen LogP contribution is 2.28. The van der Waals surface area contributed by atoms with Crippen molar-refractivity contribution >= 4 is 28.9 Å². The first-order chi connectivity index (χ1) is 9.03. The first-order valence-corrected chi connectivity index (χ1v) is 7.51. The molecule has 2 rings (SSSR count). The highest BCUT2D eigenvalue weighted by molar-refractivity contribution is 8.14. The van der Waals surface area contributed by atoms with Crippen LogP contribution in [0.5, 0.6) is 0 Å². The Morgan fingerprint density at radius 1 is 1.26 bits per heavy atom. The lowest BCUT2D eigenvalue weighted by molar-refractivity contribution is -0.148. The van der Waals surface area contributed by atoms with Crippen molar-refractivity contribution in [2.24, 2.45) is 0 Å². The Kier molecular flexibility index (Phi) is 4.34. The molecule has 1 saturated carbocycles. The van der Waals surface area contributed by atoms with Gasteiger partial charge in [-0.3, -0.25) is 9.59 Å². The number of nitrogens with one attached hydrogen (secondary N) is 2. The van der Waals surface area contributed by atoms with E-state index in [0.29, 0.717) is 18.6 Å². The van der Waals surface area contributed by atoms with Crippen LogP contribution in [0, 0.1) is 0 Å². The molecule has 0 bridgehead atoms. The van der Waals surface area contributed by atoms with E-state index < -0.39 is 17.6 Å². The van der Waals surface area contributed by atoms with Crippen LogP contribution in [0.15, 0.2) is 0 Å². The summed E-state index contributed by atoms with van der Waals surface area (Å²) < 4.78 is 0. The van der Waals surface area contributed by atoms with E-state index in [1.807, 2.05) is 0 Å². The summed E-state index contributed by atoms with van der Waals surface area (Å²) in [6, 6.07) is -0.614. The van der Waals surface area contributed by atoms with Gasteiger partial charge in [0.1, 0.15) is 11.6 Å². The molecule has 2 amide bonds. The van der Waals surface area contributed by atoms with Gasteiger partial charge in [-0.15, -0.1) is 0 Å². The van der Waals surface area contributed by atoms with Gasteiger partial charge in [-0.25, -0.2) is 4.79 Å². The Labute approximate surface area is 115 Å². The zero-order valence-electron chi connectivity index (χ0n) is 10.6. The third-order valence-corrected chi connectivity index (χ3v) is 4.60. The molecular weight excluding hydrogens is 268 g/mol. The van der Waals surface area contributed by atoms with Gasteiger partial charge in [0.2, 0.25) is 5.91 Å². The molecule has 3 N–H and O–H groups in total. The minimum Gasteiger partial charge on any atom is -0.480 e. The number of carbonyl (C=O) groups excluding carboxylic acids is 2. The fraction of sp³-hybridized carbons (Fsp3) is 0.750. The number of carbonyl (C=O) groups is 3. The van der Waals surface area contributed by atoms with Crippen LogP contribution in [-0.2, 0) is 9.59 Å². The van der Waals surface area contributed by atoms with Crippen molar-refractivity contribution in [1.82, 2.24) is 10.6 Å². The smallest absolute Gasteiger partial charge is 0.329 e. The number of carboxylic acids is 1. The summed E-state index contributed by atoms with van der Waals surface area (Å²) in [6.07, 6.45) is 4.53. The van der Waals surface area contributed by atoms with E-state index in [-0.39, 0.29) is 11.1 Å². The van der Waals surface area contributed by atoms with Crippen molar-refractivity contribution < 1.29 is 19.5 Å². The lowest BCUT2D eigenvalue weighted by Crippen LogP contribution is -2.58. The predicted molar refractivity (Wildman–Crippen MR) is 71.0 cm³/mol. The second-order valence-corrected chi connectivity index (χ2v) is 6.08. The van der Waals surface area contributed by atoms with Gasteiger partial charge < -0.3 is 15.7 Å². The average molecular weight is 286 g/mol. The maximum absolute atomic E-state index is 12.1. The van der Waals surface area contributed by atoms with E-state index in [0.717, 1.165) is 37.4 Å². The van der Waals surface area contributed by atoms with Crippen LogP contribution in [0.2, 0.25) is 0 Å². The van der Waals surface area contributed by atoms with Crippen LogP contribution in [0.3, 0.4) is 0 Å². The lowest BCUT2D eigenvalue weighted by atomic mass is 9.90. The first-order valence-electron chi connectivity index (χ1n) is 6.52. The normalized spacial score (nSPS) is 26.3. The molecule has 106 valence electrons. The number of aliphatic carboxylic acids is 1. The highest BCUT2D eigenvalue weighted by Gasteiger charge is 2.42. The quantitative estimate of drug-likeness (QED) is 0.675. The van der Waals surface area contributed by atoms with Gasteiger partial charge in [0, 0.05) is 5.75 Å². The second kappa shape index (κ2) is 5.81. The Bertz CT molecular complexity index is 391. The number of carboxylic acid groups (broad SMARTS) is 1. The van der Waals surface area contributed by atoms with Crippen molar-refractivity contribution in [2.45, 2.75) is 50.1 Å². The SMILES string of the molecule is O=C1NC(C(=O)NC2(C(=O)O)CCCCCC2)CS1. The molecule has 1 aliphatic carbocycles. The summed E-state index contributed by atoms with van der Waals surface area (Å²) >= 11 is 1.05. The highest BCUT2D eigenvalue weighted by atomic mass is 32.2. The van der Waals surface area contributed by atoms with Crippen LogP contribution < -0.4 is 10.6 Å². The molecule has 1 saturated heterocycles. The third-order valence-electron chi connectivity index (χ3n) is 3.72. The van der Waals surface area contributed by atoms with Crippen LogP contribution in [0.4, 0.5) is 4.79 Å². The number of amides is 2. The maximum atomic E-state index is 12.1. The predicted octanol–water partition coefficient (Wildman–Crippen LogP) is 1.11. The first kappa shape index (κ1) is 14.2. The molecule has 0 radical (unpaired) electrons. The molecule has 1 atom stereocenters. The standard InChI is InChI=1S/C12H18N2O4S/c15-9(8-7-19-11(18)13-8)14-12(10(16)17)5-3-1-2-4-6-12/h8H,1-7H2,(H,13,18)(H,14,15)(H,16,17). The van der Waals surface area contributed by atoms with Crippen molar-refractivity contribution in [3.8, 4) is 0 Å². The molecule has 2 aliphatic rings.